The van der Waals surface area contributed by atoms with Crippen molar-refractivity contribution in [1.29, 1.82) is 15.8 Å². The van der Waals surface area contributed by atoms with Crippen LogP contribution in [0.25, 0.3) is 0 Å². The molecule has 9 nitrogen and oxygen atoms in total. The molecule has 0 aliphatic heterocycles. The summed E-state index contributed by atoms with van der Waals surface area (Å²) in [7, 11) is 0. The number of Topliss-reactive ketones (excluding diaryl/α,β-unsaturated/α-hetero) is 3. The molecule has 0 spiro atoms. The normalized spacial score (nSPS) is 11.2. The average molecular weight is 424 g/mol. The van der Waals surface area contributed by atoms with Gasteiger partial charge in [-0.1, -0.05) is 20.8 Å². The predicted molar refractivity (Wildman–Crippen MR) is 87.0 cm³/mol. The van der Waals surface area contributed by atoms with Crippen LogP contribution in [0.1, 0.15) is 41.5 Å². The van der Waals surface area contributed by atoms with Gasteiger partial charge >= 0.3 is 17.4 Å². The second-order valence-electron chi connectivity index (χ2n) is 4.80. The van der Waals surface area contributed by atoms with Gasteiger partial charge < -0.3 is 15.3 Å². The van der Waals surface area contributed by atoms with E-state index >= 15 is 0 Å². The van der Waals surface area contributed by atoms with Crippen LogP contribution in [0.5, 0.6) is 0 Å². The first kappa shape index (κ1) is 32.3. The molecule has 0 amide bonds. The van der Waals surface area contributed by atoms with Crippen LogP contribution in [-0.4, -0.2) is 17.3 Å². The SMILES string of the molecule is CC(=O)/C(C#N)=C(/C)[O-].CC(=O)/C(C#N)=C(/C)[O-].CC(=O)/C(C#N)=C(/C)[O-].[Cr+3]. The summed E-state index contributed by atoms with van der Waals surface area (Å²) in [5, 5.41) is 55.4. The van der Waals surface area contributed by atoms with E-state index < -0.39 is 34.6 Å². The monoisotopic (exact) mass is 424 g/mol. The van der Waals surface area contributed by atoms with Gasteiger partial charge in [-0.2, -0.15) is 15.8 Å². The van der Waals surface area contributed by atoms with Gasteiger partial charge in [0.05, 0.1) is 16.7 Å². The van der Waals surface area contributed by atoms with E-state index in [4.69, 9.17) is 15.8 Å². The van der Waals surface area contributed by atoms with Crippen molar-refractivity contribution in [3.63, 3.8) is 0 Å². The molecule has 0 saturated carbocycles. The van der Waals surface area contributed by atoms with Crippen molar-refractivity contribution in [2.75, 3.05) is 0 Å². The quantitative estimate of drug-likeness (QED) is 0.317. The predicted octanol–water partition coefficient (Wildman–Crippen LogP) is -0.803. The van der Waals surface area contributed by atoms with Gasteiger partial charge in [-0.15, -0.1) is 17.3 Å². The van der Waals surface area contributed by atoms with Crippen molar-refractivity contribution >= 4 is 17.3 Å². The molecule has 0 aromatic rings. The maximum atomic E-state index is 10.3. The smallest absolute Gasteiger partial charge is 0.875 e. The summed E-state index contributed by atoms with van der Waals surface area (Å²) in [5.74, 6) is -2.81. The molecule has 0 aromatic carbocycles. The van der Waals surface area contributed by atoms with Crippen molar-refractivity contribution in [1.82, 2.24) is 0 Å². The standard InChI is InChI=1S/3C6H7NO2.Cr/c3*1-4(8)6(3-7)5(2)9;/h3*8H,1-2H3;/q;;;+3/p-3/b3*6-4-;. The van der Waals surface area contributed by atoms with E-state index in [2.05, 4.69) is 0 Å². The van der Waals surface area contributed by atoms with Gasteiger partial charge in [0.1, 0.15) is 18.2 Å². The molecule has 0 aliphatic carbocycles. The summed E-state index contributed by atoms with van der Waals surface area (Å²) in [4.78, 5) is 31.0. The van der Waals surface area contributed by atoms with E-state index in [1.807, 2.05) is 0 Å². The Morgan fingerprint density at radius 2 is 0.679 bits per heavy atom. The van der Waals surface area contributed by atoms with Crippen molar-refractivity contribution in [3.8, 4) is 18.2 Å². The Balaban J connectivity index is -0.000000152. The number of carbonyl (C=O) groups is 3. The second kappa shape index (κ2) is 17.1. The minimum Gasteiger partial charge on any atom is -0.875 e. The minimum atomic E-state index is -0.468. The van der Waals surface area contributed by atoms with Gasteiger partial charge in [-0.25, -0.2) is 0 Å². The van der Waals surface area contributed by atoms with Crippen LogP contribution >= 0.6 is 0 Å². The third-order valence-corrected chi connectivity index (χ3v) is 2.45. The molecule has 0 heterocycles. The van der Waals surface area contributed by atoms with Gasteiger partial charge in [0.25, 0.3) is 0 Å². The zero-order valence-electron chi connectivity index (χ0n) is 16.2. The van der Waals surface area contributed by atoms with Crippen LogP contribution in [0.15, 0.2) is 34.0 Å². The fourth-order valence-electron chi connectivity index (χ4n) is 1.22. The van der Waals surface area contributed by atoms with E-state index in [0.717, 1.165) is 0 Å². The molecule has 0 saturated heterocycles. The summed E-state index contributed by atoms with van der Waals surface area (Å²) < 4.78 is 0. The zero-order chi connectivity index (χ0) is 22.3. The number of rotatable bonds is 3. The molecule has 0 aromatic heterocycles. The Hall–Kier alpha value is -3.37. The first-order valence-electron chi connectivity index (χ1n) is 7.15. The molecule has 28 heavy (non-hydrogen) atoms. The molecule has 0 N–H and O–H groups in total. The number of carbonyl (C=O) groups excluding carboxylic acids is 3. The van der Waals surface area contributed by atoms with E-state index in [9.17, 15) is 29.7 Å². The minimum absolute atomic E-state index is 0. The largest absolute Gasteiger partial charge is 3.00 e. The van der Waals surface area contributed by atoms with Crippen LogP contribution < -0.4 is 15.3 Å². The molecular formula is C18H18CrN3O6. The zero-order valence-corrected chi connectivity index (χ0v) is 17.5. The maximum absolute atomic E-state index is 10.3. The van der Waals surface area contributed by atoms with Crippen molar-refractivity contribution < 1.29 is 47.1 Å². The van der Waals surface area contributed by atoms with Crippen LogP contribution in [0.4, 0.5) is 0 Å². The summed E-state index contributed by atoms with van der Waals surface area (Å²) in [5.41, 5.74) is -0.847. The second-order valence-corrected chi connectivity index (χ2v) is 4.80. The molecule has 0 fully saturated rings. The summed E-state index contributed by atoms with van der Waals surface area (Å²) >= 11 is 0. The molecule has 1 radical (unpaired) electrons. The Morgan fingerprint density at radius 3 is 0.679 bits per heavy atom. The van der Waals surface area contributed by atoms with Crippen molar-refractivity contribution in [2.45, 2.75) is 41.5 Å². The molecule has 0 bridgehead atoms. The number of ketones is 3. The molecule has 0 rings (SSSR count). The number of hydrogen-bond acceptors (Lipinski definition) is 9. The van der Waals surface area contributed by atoms with E-state index in [-0.39, 0.29) is 34.1 Å². The molecule has 0 atom stereocenters. The van der Waals surface area contributed by atoms with Crippen molar-refractivity contribution in [2.24, 2.45) is 0 Å². The average Bonchev–Trinajstić information content (AvgIpc) is 2.47. The summed E-state index contributed by atoms with van der Waals surface area (Å²) in [6.07, 6.45) is 0. The van der Waals surface area contributed by atoms with Gasteiger partial charge in [-0.3, -0.25) is 14.4 Å². The summed E-state index contributed by atoms with van der Waals surface area (Å²) in [6.45, 7) is 7.17. The van der Waals surface area contributed by atoms with Gasteiger partial charge in [0.15, 0.2) is 17.3 Å². The first-order chi connectivity index (χ1) is 12.3. The molecular weight excluding hydrogens is 406 g/mol. The number of hydrogen-bond donors (Lipinski definition) is 0. The van der Waals surface area contributed by atoms with Crippen LogP contribution in [0, 0.1) is 34.0 Å². The van der Waals surface area contributed by atoms with Gasteiger partial charge in [-0.05, 0) is 20.8 Å². The van der Waals surface area contributed by atoms with E-state index in [1.54, 1.807) is 0 Å². The number of nitriles is 3. The third-order valence-electron chi connectivity index (χ3n) is 2.45. The van der Waals surface area contributed by atoms with Crippen LogP contribution in [-0.2, 0) is 31.7 Å². The Morgan fingerprint density at radius 1 is 0.536 bits per heavy atom. The maximum Gasteiger partial charge on any atom is 3.00 e. The van der Waals surface area contributed by atoms with E-state index in [1.165, 1.54) is 59.8 Å². The van der Waals surface area contributed by atoms with Gasteiger partial charge in [0.2, 0.25) is 0 Å². The summed E-state index contributed by atoms with van der Waals surface area (Å²) in [6, 6.07) is 4.56. The van der Waals surface area contributed by atoms with Gasteiger partial charge in [0, 0.05) is 0 Å². The number of allylic oxidation sites excluding steroid dienone is 6. The molecule has 10 heteroatoms. The first-order valence-corrected chi connectivity index (χ1v) is 7.15. The Kier molecular flexibility index (Phi) is 19.7. The Labute approximate surface area is 174 Å². The molecule has 147 valence electrons. The van der Waals surface area contributed by atoms with E-state index in [0.29, 0.717) is 0 Å². The molecule has 0 aliphatic rings. The molecule has 0 unspecified atom stereocenters. The Bertz CT molecular complexity index is 696. The van der Waals surface area contributed by atoms with Crippen LogP contribution in [0.3, 0.4) is 0 Å². The fraction of sp³-hybridized carbons (Fsp3) is 0.333. The number of nitrogens with zero attached hydrogens (tertiary/aromatic N) is 3. The fourth-order valence-corrected chi connectivity index (χ4v) is 1.22. The van der Waals surface area contributed by atoms with Crippen LogP contribution in [0.2, 0.25) is 0 Å². The topological polar surface area (TPSA) is 192 Å². The third kappa shape index (κ3) is 14.9. The van der Waals surface area contributed by atoms with Crippen molar-refractivity contribution in [3.05, 3.63) is 34.0 Å².